The summed E-state index contributed by atoms with van der Waals surface area (Å²) < 4.78 is 5.49. The van der Waals surface area contributed by atoms with Crippen molar-refractivity contribution in [1.29, 1.82) is 5.26 Å². The van der Waals surface area contributed by atoms with Gasteiger partial charge in [-0.3, -0.25) is 4.79 Å². The first kappa shape index (κ1) is 16.5. The summed E-state index contributed by atoms with van der Waals surface area (Å²) in [7, 11) is 1.43. The molecule has 0 radical (unpaired) electrons. The Bertz CT molecular complexity index is 565. The minimum absolute atomic E-state index is 0.303. The van der Waals surface area contributed by atoms with Crippen LogP contribution in [-0.2, 0) is 9.59 Å². The van der Waals surface area contributed by atoms with Crippen LogP contribution in [0.25, 0.3) is 0 Å². The summed E-state index contributed by atoms with van der Waals surface area (Å²) in [5, 5.41) is 18.0. The molecule has 6 heteroatoms. The van der Waals surface area contributed by atoms with Crippen LogP contribution in [0.5, 0.6) is 5.75 Å². The minimum atomic E-state index is -1.06. The number of nitrogens with zero attached hydrogens (tertiary/aromatic N) is 2. The van der Waals surface area contributed by atoms with E-state index >= 15 is 0 Å². The smallest absolute Gasteiger partial charge is 0.326 e. The second kappa shape index (κ2) is 7.29. The lowest BCUT2D eigenvalue weighted by Crippen LogP contribution is -2.47. The standard InChI is InChI=1S/C15H18N2O4/c1-4-12(15(19)20)17(3)14(18)10(2)21-13-8-6-5-7-11(13)9-16/h5-8,10,12H,4H2,1-3H3,(H,19,20). The van der Waals surface area contributed by atoms with E-state index in [0.29, 0.717) is 17.7 Å². The Kier molecular flexibility index (Phi) is 5.73. The van der Waals surface area contributed by atoms with Crippen molar-refractivity contribution in [3.05, 3.63) is 29.8 Å². The molecule has 112 valence electrons. The maximum atomic E-state index is 12.2. The molecule has 21 heavy (non-hydrogen) atoms. The van der Waals surface area contributed by atoms with Crippen molar-refractivity contribution in [3.63, 3.8) is 0 Å². The number of hydrogen-bond donors (Lipinski definition) is 1. The van der Waals surface area contributed by atoms with Crippen LogP contribution in [0.15, 0.2) is 24.3 Å². The zero-order valence-corrected chi connectivity index (χ0v) is 12.2. The van der Waals surface area contributed by atoms with Crippen molar-refractivity contribution in [2.75, 3.05) is 7.05 Å². The van der Waals surface area contributed by atoms with Gasteiger partial charge in [-0.25, -0.2) is 4.79 Å². The molecule has 2 unspecified atom stereocenters. The Morgan fingerprint density at radius 1 is 1.43 bits per heavy atom. The van der Waals surface area contributed by atoms with Crippen LogP contribution in [-0.4, -0.2) is 41.1 Å². The molecule has 0 aliphatic rings. The largest absolute Gasteiger partial charge is 0.480 e. The monoisotopic (exact) mass is 290 g/mol. The van der Waals surface area contributed by atoms with Gasteiger partial charge in [0.2, 0.25) is 0 Å². The SMILES string of the molecule is CCC(C(=O)O)N(C)C(=O)C(C)Oc1ccccc1C#N. The molecular weight excluding hydrogens is 272 g/mol. The normalized spacial score (nSPS) is 12.9. The summed E-state index contributed by atoms with van der Waals surface area (Å²) in [5.41, 5.74) is 0.324. The number of ether oxygens (including phenoxy) is 1. The van der Waals surface area contributed by atoms with E-state index < -0.39 is 24.0 Å². The molecule has 0 aliphatic carbocycles. The van der Waals surface area contributed by atoms with Gasteiger partial charge in [0, 0.05) is 7.05 Å². The summed E-state index contributed by atoms with van der Waals surface area (Å²) in [6.45, 7) is 3.22. The van der Waals surface area contributed by atoms with Gasteiger partial charge < -0.3 is 14.7 Å². The lowest BCUT2D eigenvalue weighted by molar-refractivity contribution is -0.151. The fourth-order valence-corrected chi connectivity index (χ4v) is 1.96. The second-order valence-electron chi connectivity index (χ2n) is 4.58. The number of nitriles is 1. The number of carboxylic acids is 1. The lowest BCUT2D eigenvalue weighted by atomic mass is 10.2. The molecule has 6 nitrogen and oxygen atoms in total. The molecule has 0 saturated heterocycles. The number of carboxylic acid groups (broad SMARTS) is 1. The van der Waals surface area contributed by atoms with Gasteiger partial charge in [0.05, 0.1) is 5.56 Å². The molecule has 0 bridgehead atoms. The van der Waals surface area contributed by atoms with Crippen LogP contribution in [0.4, 0.5) is 0 Å². The van der Waals surface area contributed by atoms with Crippen molar-refractivity contribution in [2.24, 2.45) is 0 Å². The van der Waals surface area contributed by atoms with Gasteiger partial charge >= 0.3 is 5.97 Å². The number of aliphatic carboxylic acids is 1. The van der Waals surface area contributed by atoms with Crippen LogP contribution in [0, 0.1) is 11.3 Å². The van der Waals surface area contributed by atoms with E-state index in [1.807, 2.05) is 6.07 Å². The van der Waals surface area contributed by atoms with Crippen LogP contribution in [0.3, 0.4) is 0 Å². The van der Waals surface area contributed by atoms with Crippen LogP contribution >= 0.6 is 0 Å². The highest BCUT2D eigenvalue weighted by atomic mass is 16.5. The van der Waals surface area contributed by atoms with Crippen LogP contribution in [0.2, 0.25) is 0 Å². The summed E-state index contributed by atoms with van der Waals surface area (Å²) in [6, 6.07) is 7.66. The maximum absolute atomic E-state index is 12.2. The predicted octanol–water partition coefficient (Wildman–Crippen LogP) is 1.65. The van der Waals surface area contributed by atoms with Gasteiger partial charge in [-0.05, 0) is 25.5 Å². The van der Waals surface area contributed by atoms with Gasteiger partial charge in [0.1, 0.15) is 17.9 Å². The van der Waals surface area contributed by atoms with E-state index in [1.54, 1.807) is 31.2 Å². The van der Waals surface area contributed by atoms with Gasteiger partial charge in [0.25, 0.3) is 5.91 Å². The Labute approximate surface area is 123 Å². The Hall–Kier alpha value is -2.55. The quantitative estimate of drug-likeness (QED) is 0.860. The average Bonchev–Trinajstić information content (AvgIpc) is 2.47. The van der Waals surface area contributed by atoms with Crippen molar-refractivity contribution in [1.82, 2.24) is 4.90 Å². The molecule has 1 aromatic carbocycles. The summed E-state index contributed by atoms with van der Waals surface area (Å²) in [5.74, 6) is -1.20. The molecule has 0 spiro atoms. The van der Waals surface area contributed by atoms with E-state index in [0.717, 1.165) is 4.90 Å². The van der Waals surface area contributed by atoms with Crippen LogP contribution in [0.1, 0.15) is 25.8 Å². The van der Waals surface area contributed by atoms with E-state index in [2.05, 4.69) is 0 Å². The van der Waals surface area contributed by atoms with Crippen molar-refractivity contribution < 1.29 is 19.4 Å². The number of carbonyl (C=O) groups is 2. The average molecular weight is 290 g/mol. The van der Waals surface area contributed by atoms with Gasteiger partial charge in [0.15, 0.2) is 6.10 Å². The molecule has 1 aromatic rings. The number of likely N-dealkylation sites (N-methyl/N-ethyl adjacent to an activating group) is 1. The highest BCUT2D eigenvalue weighted by Gasteiger charge is 2.29. The third-order valence-electron chi connectivity index (χ3n) is 3.15. The third kappa shape index (κ3) is 3.96. The zero-order valence-electron chi connectivity index (χ0n) is 12.2. The highest BCUT2D eigenvalue weighted by Crippen LogP contribution is 2.19. The first-order chi connectivity index (χ1) is 9.92. The first-order valence-corrected chi connectivity index (χ1v) is 6.57. The number of para-hydroxylation sites is 1. The third-order valence-corrected chi connectivity index (χ3v) is 3.15. The number of carbonyl (C=O) groups excluding carboxylic acids is 1. The molecule has 0 fully saturated rings. The fraction of sp³-hybridized carbons (Fsp3) is 0.400. The number of rotatable bonds is 6. The molecule has 1 N–H and O–H groups in total. The van der Waals surface area contributed by atoms with Gasteiger partial charge in [-0.2, -0.15) is 5.26 Å². The molecule has 1 amide bonds. The molecule has 2 atom stereocenters. The van der Waals surface area contributed by atoms with E-state index in [9.17, 15) is 9.59 Å². The molecule has 0 saturated carbocycles. The molecule has 1 rings (SSSR count). The van der Waals surface area contributed by atoms with Crippen molar-refractivity contribution >= 4 is 11.9 Å². The number of hydrogen-bond acceptors (Lipinski definition) is 4. The Balaban J connectivity index is 2.84. The number of amides is 1. The Morgan fingerprint density at radius 3 is 2.57 bits per heavy atom. The predicted molar refractivity (Wildman–Crippen MR) is 75.7 cm³/mol. The van der Waals surface area contributed by atoms with Crippen molar-refractivity contribution in [3.8, 4) is 11.8 Å². The van der Waals surface area contributed by atoms with E-state index in [4.69, 9.17) is 15.1 Å². The van der Waals surface area contributed by atoms with Gasteiger partial charge in [-0.15, -0.1) is 0 Å². The second-order valence-corrected chi connectivity index (χ2v) is 4.58. The summed E-state index contributed by atoms with van der Waals surface area (Å²) >= 11 is 0. The van der Waals surface area contributed by atoms with E-state index in [-0.39, 0.29) is 0 Å². The van der Waals surface area contributed by atoms with Crippen LogP contribution < -0.4 is 4.74 Å². The van der Waals surface area contributed by atoms with Crippen molar-refractivity contribution in [2.45, 2.75) is 32.4 Å². The highest BCUT2D eigenvalue weighted by molar-refractivity contribution is 5.86. The zero-order chi connectivity index (χ0) is 16.0. The van der Waals surface area contributed by atoms with Gasteiger partial charge in [-0.1, -0.05) is 19.1 Å². The lowest BCUT2D eigenvalue weighted by Gasteiger charge is -2.27. The topological polar surface area (TPSA) is 90.6 Å². The molecule has 0 aliphatic heterocycles. The van der Waals surface area contributed by atoms with E-state index in [1.165, 1.54) is 14.0 Å². The summed E-state index contributed by atoms with van der Waals surface area (Å²) in [6.07, 6.45) is -0.572. The molecule has 0 heterocycles. The summed E-state index contributed by atoms with van der Waals surface area (Å²) in [4.78, 5) is 24.4. The molecule has 0 aromatic heterocycles. The first-order valence-electron chi connectivity index (χ1n) is 6.57. The fourth-order valence-electron chi connectivity index (χ4n) is 1.96. The maximum Gasteiger partial charge on any atom is 0.326 e. The Morgan fingerprint density at radius 2 is 2.05 bits per heavy atom. The minimum Gasteiger partial charge on any atom is -0.480 e. The molecular formula is C15H18N2O4. The number of benzene rings is 1.